The molecule has 4 N–H and O–H groups in total. The van der Waals surface area contributed by atoms with Gasteiger partial charge in [0.2, 0.25) is 0 Å². The number of halogens is 1. The summed E-state index contributed by atoms with van der Waals surface area (Å²) >= 11 is 0. The van der Waals surface area contributed by atoms with Crippen molar-refractivity contribution in [2.45, 2.75) is 18.4 Å². The molecule has 1 aliphatic rings. The Morgan fingerprint density at radius 3 is 2.95 bits per heavy atom. The molecule has 1 aliphatic heterocycles. The third-order valence-electron chi connectivity index (χ3n) is 2.91. The summed E-state index contributed by atoms with van der Waals surface area (Å²) in [6, 6.07) is 1.76. The van der Waals surface area contributed by atoms with Gasteiger partial charge >= 0.3 is 5.69 Å². The average Bonchev–Trinajstić information content (AvgIpc) is 2.70. The normalized spacial score (nSPS) is 30.2. The molecule has 8 nitrogen and oxygen atoms in total. The second-order valence-corrected chi connectivity index (χ2v) is 4.06. The van der Waals surface area contributed by atoms with Crippen LogP contribution in [0.15, 0.2) is 11.0 Å². The van der Waals surface area contributed by atoms with Crippen LogP contribution in [0.2, 0.25) is 0 Å². The molecule has 0 bridgehead atoms. The summed E-state index contributed by atoms with van der Waals surface area (Å²) in [6.07, 6.45) is -2.78. The molecule has 2 unspecified atom stereocenters. The van der Waals surface area contributed by atoms with E-state index in [1.165, 1.54) is 0 Å². The van der Waals surface area contributed by atoms with Crippen molar-refractivity contribution >= 4 is 5.82 Å². The number of nitrogens with zero attached hydrogens (tertiary/aromatic N) is 3. The van der Waals surface area contributed by atoms with E-state index in [0.29, 0.717) is 0 Å². The van der Waals surface area contributed by atoms with E-state index in [1.54, 1.807) is 6.07 Å². The minimum atomic E-state index is -1.28. The van der Waals surface area contributed by atoms with Crippen LogP contribution >= 0.6 is 0 Å². The van der Waals surface area contributed by atoms with E-state index in [1.807, 2.05) is 0 Å². The number of aliphatic hydroxyl groups is 2. The van der Waals surface area contributed by atoms with Crippen LogP contribution in [0, 0.1) is 23.1 Å². The van der Waals surface area contributed by atoms with Crippen LogP contribution in [0.3, 0.4) is 0 Å². The molecule has 0 radical (unpaired) electrons. The second-order valence-electron chi connectivity index (χ2n) is 4.06. The number of rotatable bonds is 2. The molecule has 1 fully saturated rings. The van der Waals surface area contributed by atoms with Gasteiger partial charge in [-0.3, -0.25) is 4.57 Å². The van der Waals surface area contributed by atoms with Crippen LogP contribution in [-0.2, 0) is 4.74 Å². The van der Waals surface area contributed by atoms with Crippen LogP contribution < -0.4 is 11.4 Å². The lowest BCUT2D eigenvalue weighted by atomic mass is 10.0. The first kappa shape index (κ1) is 13.4. The van der Waals surface area contributed by atoms with Crippen LogP contribution in [-0.4, -0.2) is 38.6 Å². The summed E-state index contributed by atoms with van der Waals surface area (Å²) in [4.78, 5) is 14.9. The first-order valence-corrected chi connectivity index (χ1v) is 5.37. The highest BCUT2D eigenvalue weighted by atomic mass is 19.1. The number of hydrogen-bond acceptors (Lipinski definition) is 7. The van der Waals surface area contributed by atoms with Gasteiger partial charge in [0, 0.05) is 0 Å². The maximum Gasteiger partial charge on any atom is 0.351 e. The maximum absolute atomic E-state index is 13.3. The fourth-order valence-corrected chi connectivity index (χ4v) is 1.91. The third-order valence-corrected chi connectivity index (χ3v) is 2.91. The highest BCUT2D eigenvalue weighted by Gasteiger charge is 2.45. The lowest BCUT2D eigenvalue weighted by Crippen LogP contribution is -2.32. The zero-order valence-corrected chi connectivity index (χ0v) is 9.60. The predicted octanol–water partition coefficient (Wildman–Crippen LogP) is -1.65. The fourth-order valence-electron chi connectivity index (χ4n) is 1.91. The maximum atomic E-state index is 13.3. The Morgan fingerprint density at radius 1 is 1.68 bits per heavy atom. The highest BCUT2D eigenvalue weighted by molar-refractivity contribution is 5.26. The fraction of sp³-hybridized carbons (Fsp3) is 0.500. The van der Waals surface area contributed by atoms with Crippen LogP contribution in [0.5, 0.6) is 0 Å². The second kappa shape index (κ2) is 4.93. The Morgan fingerprint density at radius 2 is 2.37 bits per heavy atom. The van der Waals surface area contributed by atoms with Crippen molar-refractivity contribution in [2.24, 2.45) is 5.92 Å². The Kier molecular flexibility index (Phi) is 3.48. The number of nitrogens with two attached hydrogens (primary N) is 1. The van der Waals surface area contributed by atoms with E-state index in [9.17, 15) is 14.3 Å². The molecular weight excluding hydrogens is 259 g/mol. The molecule has 1 aromatic heterocycles. The topological polar surface area (TPSA) is 134 Å². The van der Waals surface area contributed by atoms with Crippen molar-refractivity contribution in [3.63, 3.8) is 0 Å². The minimum Gasteiger partial charge on any atom is -0.394 e. The Hall–Kier alpha value is -2.02. The lowest BCUT2D eigenvalue weighted by Gasteiger charge is -2.16. The molecule has 4 atom stereocenters. The minimum absolute atomic E-state index is 0.532. The van der Waals surface area contributed by atoms with E-state index >= 15 is 0 Å². The van der Waals surface area contributed by atoms with Crippen molar-refractivity contribution in [3.8, 4) is 6.07 Å². The molecule has 0 aromatic carbocycles. The van der Waals surface area contributed by atoms with Gasteiger partial charge in [-0.05, 0) is 0 Å². The molecule has 9 heteroatoms. The van der Waals surface area contributed by atoms with Crippen LogP contribution in [0.25, 0.3) is 0 Å². The van der Waals surface area contributed by atoms with Gasteiger partial charge < -0.3 is 20.7 Å². The Bertz CT molecular complexity index is 584. The van der Waals surface area contributed by atoms with Crippen LogP contribution in [0.1, 0.15) is 6.23 Å². The molecule has 2 heterocycles. The Balaban J connectivity index is 2.45. The molecule has 1 saturated heterocycles. The van der Waals surface area contributed by atoms with E-state index < -0.39 is 48.3 Å². The van der Waals surface area contributed by atoms with Gasteiger partial charge in [0.15, 0.2) is 17.9 Å². The monoisotopic (exact) mass is 270 g/mol. The van der Waals surface area contributed by atoms with Crippen molar-refractivity contribution in [2.75, 3.05) is 12.3 Å². The summed E-state index contributed by atoms with van der Waals surface area (Å²) in [5.41, 5.74) is 4.23. The molecular formula is C10H11FN4O4. The van der Waals surface area contributed by atoms with Gasteiger partial charge in [0.05, 0.1) is 18.9 Å². The van der Waals surface area contributed by atoms with Gasteiger partial charge in [0.25, 0.3) is 0 Å². The van der Waals surface area contributed by atoms with E-state index in [0.717, 1.165) is 10.8 Å². The number of nitriles is 1. The molecule has 1 aromatic rings. The molecule has 19 heavy (non-hydrogen) atoms. The standard InChI is InChI=1S/C10H11FN4O4/c11-5-2-15(10(18)14-8(5)13)9-4(1-12)7(17)6(3-16)19-9/h2,4,6-7,9,16-17H,3H2,(H2,13,14,18)/t4?,6-,7?,9-/m1/s1. The number of aliphatic hydroxyl groups excluding tert-OH is 2. The molecule has 0 saturated carbocycles. The molecule has 102 valence electrons. The van der Waals surface area contributed by atoms with Crippen molar-refractivity contribution in [1.29, 1.82) is 5.26 Å². The molecule has 2 rings (SSSR count). The van der Waals surface area contributed by atoms with Crippen molar-refractivity contribution in [1.82, 2.24) is 9.55 Å². The lowest BCUT2D eigenvalue weighted by molar-refractivity contribution is -0.0472. The summed E-state index contributed by atoms with van der Waals surface area (Å²) in [7, 11) is 0. The first-order valence-electron chi connectivity index (χ1n) is 5.37. The van der Waals surface area contributed by atoms with Crippen molar-refractivity contribution < 1.29 is 19.3 Å². The number of hydrogen-bond donors (Lipinski definition) is 3. The van der Waals surface area contributed by atoms with Gasteiger partial charge in [-0.2, -0.15) is 10.2 Å². The zero-order chi connectivity index (χ0) is 14.2. The van der Waals surface area contributed by atoms with Crippen molar-refractivity contribution in [3.05, 3.63) is 22.5 Å². The highest BCUT2D eigenvalue weighted by Crippen LogP contribution is 2.33. The summed E-state index contributed by atoms with van der Waals surface area (Å²) < 4.78 is 19.2. The third kappa shape index (κ3) is 2.17. The quantitative estimate of drug-likeness (QED) is 0.586. The van der Waals surface area contributed by atoms with Gasteiger partial charge in [-0.1, -0.05) is 0 Å². The average molecular weight is 270 g/mol. The molecule has 0 aliphatic carbocycles. The largest absolute Gasteiger partial charge is 0.394 e. The number of ether oxygens (including phenoxy) is 1. The molecule has 0 spiro atoms. The summed E-state index contributed by atoms with van der Waals surface area (Å²) in [5.74, 6) is -2.63. The predicted molar refractivity (Wildman–Crippen MR) is 59.0 cm³/mol. The first-order chi connectivity index (χ1) is 8.99. The molecule has 0 amide bonds. The Labute approximate surface area is 106 Å². The van der Waals surface area contributed by atoms with Gasteiger partial charge in [-0.25, -0.2) is 9.18 Å². The SMILES string of the molecule is N#CC1C(O)[C@@H](CO)O[C@H]1n1cc(F)c(N)nc1=O. The number of anilines is 1. The van der Waals surface area contributed by atoms with E-state index in [-0.39, 0.29) is 0 Å². The summed E-state index contributed by atoms with van der Waals surface area (Å²) in [6.45, 7) is -0.532. The van der Waals surface area contributed by atoms with Crippen LogP contribution in [0.4, 0.5) is 10.2 Å². The summed E-state index contributed by atoms with van der Waals surface area (Å²) in [5, 5.41) is 27.7. The zero-order valence-electron chi connectivity index (χ0n) is 9.60. The number of aromatic nitrogens is 2. The van der Waals surface area contributed by atoms with E-state index in [2.05, 4.69) is 4.98 Å². The van der Waals surface area contributed by atoms with Gasteiger partial charge in [-0.15, -0.1) is 0 Å². The smallest absolute Gasteiger partial charge is 0.351 e. The number of nitrogen functional groups attached to an aromatic ring is 1. The van der Waals surface area contributed by atoms with E-state index in [4.69, 9.17) is 20.8 Å². The van der Waals surface area contributed by atoms with Gasteiger partial charge in [0.1, 0.15) is 18.1 Å².